The Morgan fingerprint density at radius 1 is 1.47 bits per heavy atom. The fourth-order valence-corrected chi connectivity index (χ4v) is 2.38. The third kappa shape index (κ3) is 1.91. The van der Waals surface area contributed by atoms with Gasteiger partial charge in [0.05, 0.1) is 13.0 Å². The van der Waals surface area contributed by atoms with Gasteiger partial charge in [0.15, 0.2) is 0 Å². The van der Waals surface area contributed by atoms with Gasteiger partial charge < -0.3 is 15.0 Å². The summed E-state index contributed by atoms with van der Waals surface area (Å²) in [6, 6.07) is 0.277. The van der Waals surface area contributed by atoms with Gasteiger partial charge in [0, 0.05) is 19.1 Å². The largest absolute Gasteiger partial charge is 0.469 e. The van der Waals surface area contributed by atoms with Crippen molar-refractivity contribution in [2.75, 3.05) is 20.2 Å². The minimum Gasteiger partial charge on any atom is -0.469 e. The summed E-state index contributed by atoms with van der Waals surface area (Å²) in [6.45, 7) is 1.26. The number of ether oxygens (including phenoxy) is 1. The first-order valence-electron chi connectivity index (χ1n) is 5.34. The second-order valence-electron chi connectivity index (χ2n) is 4.12. The van der Waals surface area contributed by atoms with Crippen molar-refractivity contribution in [3.63, 3.8) is 0 Å². The molecule has 0 aromatic rings. The molecule has 0 aromatic carbocycles. The van der Waals surface area contributed by atoms with Crippen LogP contribution in [-0.2, 0) is 9.53 Å². The van der Waals surface area contributed by atoms with E-state index < -0.39 is 0 Å². The maximum atomic E-state index is 11.5. The van der Waals surface area contributed by atoms with E-state index in [2.05, 4.69) is 5.32 Å². The molecule has 2 rings (SSSR count). The predicted octanol–water partition coefficient (Wildman–Crippen LogP) is 0.353. The Hall–Kier alpha value is -1.26. The van der Waals surface area contributed by atoms with Crippen LogP contribution in [0, 0.1) is 5.92 Å². The van der Waals surface area contributed by atoms with Crippen LogP contribution in [0.3, 0.4) is 0 Å². The number of esters is 1. The highest BCUT2D eigenvalue weighted by Gasteiger charge is 2.36. The van der Waals surface area contributed by atoms with Crippen LogP contribution in [0.5, 0.6) is 0 Å². The maximum Gasteiger partial charge on any atom is 0.317 e. The second kappa shape index (κ2) is 4.08. The van der Waals surface area contributed by atoms with Crippen molar-refractivity contribution in [3.05, 3.63) is 0 Å². The van der Waals surface area contributed by atoms with E-state index in [1.54, 1.807) is 4.90 Å². The fraction of sp³-hybridized carbons (Fsp3) is 0.800. The first kappa shape index (κ1) is 10.3. The minimum absolute atomic E-state index is 0.0418. The molecular weight excluding hydrogens is 196 g/mol. The summed E-state index contributed by atoms with van der Waals surface area (Å²) in [5.41, 5.74) is 0. The van der Waals surface area contributed by atoms with Gasteiger partial charge in [-0.15, -0.1) is 0 Å². The average molecular weight is 212 g/mol. The number of methoxy groups -OCH3 is 1. The molecule has 0 radical (unpaired) electrons. The average Bonchev–Trinajstić information content (AvgIpc) is 2.28. The Labute approximate surface area is 88.8 Å². The van der Waals surface area contributed by atoms with E-state index in [1.807, 2.05) is 0 Å². The fourth-order valence-electron chi connectivity index (χ4n) is 2.38. The quantitative estimate of drug-likeness (QED) is 0.638. The normalized spacial score (nSPS) is 30.5. The van der Waals surface area contributed by atoms with Gasteiger partial charge in [0.2, 0.25) is 0 Å². The number of fused-ring (bicyclic) bond motifs is 1. The second-order valence-corrected chi connectivity index (χ2v) is 4.12. The van der Waals surface area contributed by atoms with Crippen LogP contribution in [0.2, 0.25) is 0 Å². The SMILES string of the molecule is COC(=O)[C@@H]1CC[C@@H]2CCNC(=O)N2C1. The van der Waals surface area contributed by atoms with Crippen molar-refractivity contribution >= 4 is 12.0 Å². The molecule has 0 spiro atoms. The van der Waals surface area contributed by atoms with Crippen molar-refractivity contribution in [2.45, 2.75) is 25.3 Å². The van der Waals surface area contributed by atoms with Crippen molar-refractivity contribution < 1.29 is 14.3 Å². The third-order valence-electron chi connectivity index (χ3n) is 3.26. The summed E-state index contributed by atoms with van der Waals surface area (Å²) in [5, 5.41) is 2.79. The number of hydrogen-bond acceptors (Lipinski definition) is 3. The van der Waals surface area contributed by atoms with Crippen LogP contribution in [0.1, 0.15) is 19.3 Å². The Kier molecular flexibility index (Phi) is 2.79. The highest BCUT2D eigenvalue weighted by atomic mass is 16.5. The van der Waals surface area contributed by atoms with Crippen LogP contribution >= 0.6 is 0 Å². The number of urea groups is 1. The van der Waals surface area contributed by atoms with Gasteiger partial charge in [0.25, 0.3) is 0 Å². The van der Waals surface area contributed by atoms with Gasteiger partial charge >= 0.3 is 12.0 Å². The summed E-state index contributed by atoms with van der Waals surface area (Å²) >= 11 is 0. The predicted molar refractivity (Wildman–Crippen MR) is 53.2 cm³/mol. The molecule has 0 aromatic heterocycles. The smallest absolute Gasteiger partial charge is 0.317 e. The van der Waals surface area contributed by atoms with Gasteiger partial charge in [-0.2, -0.15) is 0 Å². The standard InChI is InChI=1S/C10H16N2O3/c1-15-9(13)7-2-3-8-4-5-11-10(14)12(8)6-7/h7-8H,2-6H2,1H3,(H,11,14)/t7-,8-/m1/s1. The van der Waals surface area contributed by atoms with Crippen molar-refractivity contribution in [3.8, 4) is 0 Å². The van der Waals surface area contributed by atoms with Gasteiger partial charge in [-0.3, -0.25) is 4.79 Å². The Morgan fingerprint density at radius 2 is 2.27 bits per heavy atom. The molecule has 2 fully saturated rings. The van der Waals surface area contributed by atoms with Crippen molar-refractivity contribution in [1.82, 2.24) is 10.2 Å². The number of nitrogens with one attached hydrogen (secondary N) is 1. The van der Waals surface area contributed by atoms with Crippen molar-refractivity contribution in [1.29, 1.82) is 0 Å². The van der Waals surface area contributed by atoms with Crippen LogP contribution in [0.25, 0.3) is 0 Å². The lowest BCUT2D eigenvalue weighted by Gasteiger charge is -2.41. The van der Waals surface area contributed by atoms with Crippen LogP contribution in [-0.4, -0.2) is 43.1 Å². The highest BCUT2D eigenvalue weighted by molar-refractivity contribution is 5.78. The summed E-state index contributed by atoms with van der Waals surface area (Å²) in [6.07, 6.45) is 2.73. The Balaban J connectivity index is 2.02. The zero-order valence-corrected chi connectivity index (χ0v) is 8.86. The number of nitrogens with zero attached hydrogens (tertiary/aromatic N) is 1. The number of hydrogen-bond donors (Lipinski definition) is 1. The molecule has 2 aliphatic rings. The molecule has 0 bridgehead atoms. The number of piperidine rings is 1. The minimum atomic E-state index is -0.202. The molecule has 2 saturated heterocycles. The zero-order valence-electron chi connectivity index (χ0n) is 8.86. The molecular formula is C10H16N2O3. The van der Waals surface area contributed by atoms with Gasteiger partial charge in [0.1, 0.15) is 0 Å². The van der Waals surface area contributed by atoms with Gasteiger partial charge in [-0.1, -0.05) is 0 Å². The molecule has 5 heteroatoms. The molecule has 0 unspecified atom stereocenters. The zero-order chi connectivity index (χ0) is 10.8. The molecule has 2 aliphatic heterocycles. The molecule has 1 N–H and O–H groups in total. The van der Waals surface area contributed by atoms with E-state index in [4.69, 9.17) is 4.74 Å². The lowest BCUT2D eigenvalue weighted by molar-refractivity contribution is -0.147. The summed E-state index contributed by atoms with van der Waals surface area (Å²) < 4.78 is 4.71. The van der Waals surface area contributed by atoms with Crippen LogP contribution in [0.15, 0.2) is 0 Å². The molecule has 15 heavy (non-hydrogen) atoms. The highest BCUT2D eigenvalue weighted by Crippen LogP contribution is 2.26. The van der Waals surface area contributed by atoms with Crippen LogP contribution < -0.4 is 5.32 Å². The molecule has 0 saturated carbocycles. The first-order chi connectivity index (χ1) is 7.22. The van der Waals surface area contributed by atoms with E-state index in [-0.39, 0.29) is 17.9 Å². The topological polar surface area (TPSA) is 58.6 Å². The van der Waals surface area contributed by atoms with Gasteiger partial charge in [-0.25, -0.2) is 4.79 Å². The van der Waals surface area contributed by atoms with Gasteiger partial charge in [-0.05, 0) is 19.3 Å². The third-order valence-corrected chi connectivity index (χ3v) is 3.26. The van der Waals surface area contributed by atoms with Crippen LogP contribution in [0.4, 0.5) is 4.79 Å². The van der Waals surface area contributed by atoms with E-state index in [0.29, 0.717) is 12.6 Å². The Morgan fingerprint density at radius 3 is 3.00 bits per heavy atom. The van der Waals surface area contributed by atoms with Crippen molar-refractivity contribution in [2.24, 2.45) is 5.92 Å². The summed E-state index contributed by atoms with van der Waals surface area (Å²) in [5.74, 6) is -0.345. The molecule has 2 amide bonds. The van der Waals surface area contributed by atoms with E-state index in [1.165, 1.54) is 7.11 Å². The van der Waals surface area contributed by atoms with E-state index >= 15 is 0 Å². The molecule has 5 nitrogen and oxygen atoms in total. The number of carbonyl (C=O) groups is 2. The summed E-state index contributed by atoms with van der Waals surface area (Å²) in [4.78, 5) is 24.7. The molecule has 2 atom stereocenters. The lowest BCUT2D eigenvalue weighted by atomic mass is 9.90. The lowest BCUT2D eigenvalue weighted by Crippen LogP contribution is -2.56. The monoisotopic (exact) mass is 212 g/mol. The first-order valence-corrected chi connectivity index (χ1v) is 5.34. The number of amides is 2. The summed E-state index contributed by atoms with van der Waals surface area (Å²) in [7, 11) is 1.39. The Bertz CT molecular complexity index is 280. The molecule has 0 aliphatic carbocycles. The number of rotatable bonds is 1. The maximum absolute atomic E-state index is 11.5. The van der Waals surface area contributed by atoms with E-state index in [9.17, 15) is 9.59 Å². The molecule has 84 valence electrons. The number of carbonyl (C=O) groups excluding carboxylic acids is 2. The van der Waals surface area contributed by atoms with E-state index in [0.717, 1.165) is 25.8 Å². The molecule has 2 heterocycles.